The van der Waals surface area contributed by atoms with Crippen molar-refractivity contribution >= 4 is 33.5 Å². The summed E-state index contributed by atoms with van der Waals surface area (Å²) >= 11 is 1.95. The van der Waals surface area contributed by atoms with E-state index in [9.17, 15) is 0 Å². The summed E-state index contributed by atoms with van der Waals surface area (Å²) in [4.78, 5) is 12.0. The van der Waals surface area contributed by atoms with E-state index in [4.69, 9.17) is 4.99 Å². The molecule has 24 heavy (non-hydrogen) atoms. The van der Waals surface area contributed by atoms with Crippen LogP contribution in [0.4, 0.5) is 5.69 Å². The minimum Gasteiger partial charge on any atom is -0.350 e. The van der Waals surface area contributed by atoms with Gasteiger partial charge in [-0.2, -0.15) is 0 Å². The average Bonchev–Trinajstić information content (AvgIpc) is 2.93. The van der Waals surface area contributed by atoms with Crippen LogP contribution < -0.4 is 0 Å². The molecule has 1 aliphatic heterocycles. The number of fused-ring (bicyclic) bond motifs is 1. The molecule has 128 valence electrons. The summed E-state index contributed by atoms with van der Waals surface area (Å²) in [5, 5.41) is 2.99. The molecule has 1 saturated heterocycles. The number of thioether (sulfide) groups is 1. The lowest BCUT2D eigenvalue weighted by Crippen LogP contribution is -2.27. The van der Waals surface area contributed by atoms with Crippen molar-refractivity contribution in [1.82, 2.24) is 9.88 Å². The molecule has 1 aromatic carbocycles. The van der Waals surface area contributed by atoms with Gasteiger partial charge in [-0.3, -0.25) is 4.98 Å². The third-order valence-corrected chi connectivity index (χ3v) is 5.52. The first kappa shape index (κ1) is 17.3. The molecular formula is C20H27N3S. The Morgan fingerprint density at radius 2 is 2.17 bits per heavy atom. The maximum Gasteiger partial charge on any atom is 0.164 e. The Kier molecular flexibility index (Phi) is 5.77. The highest BCUT2D eigenvalue weighted by atomic mass is 32.2. The monoisotopic (exact) mass is 341 g/mol. The van der Waals surface area contributed by atoms with Crippen LogP contribution >= 0.6 is 11.8 Å². The van der Waals surface area contributed by atoms with E-state index in [0.29, 0.717) is 5.25 Å². The van der Waals surface area contributed by atoms with Gasteiger partial charge in [0.2, 0.25) is 0 Å². The van der Waals surface area contributed by atoms with E-state index in [-0.39, 0.29) is 0 Å². The molecule has 0 spiro atoms. The van der Waals surface area contributed by atoms with Gasteiger partial charge in [0.1, 0.15) is 0 Å². The number of para-hydroxylation sites is 1. The maximum atomic E-state index is 4.94. The van der Waals surface area contributed by atoms with E-state index in [2.05, 4.69) is 48.9 Å². The van der Waals surface area contributed by atoms with Crippen LogP contribution in [0.5, 0.6) is 0 Å². The first-order valence-electron chi connectivity index (χ1n) is 9.00. The molecule has 3 nitrogen and oxygen atoms in total. The molecule has 2 aromatic rings. The summed E-state index contributed by atoms with van der Waals surface area (Å²) in [6.07, 6.45) is 5.59. The fraction of sp³-hybridized carbons (Fsp3) is 0.500. The Hall–Kier alpha value is -1.55. The van der Waals surface area contributed by atoms with E-state index in [1.54, 1.807) is 0 Å². The third-order valence-electron chi connectivity index (χ3n) is 4.28. The van der Waals surface area contributed by atoms with Crippen LogP contribution in [0, 0.1) is 5.92 Å². The minimum atomic E-state index is 0.661. The number of nitrogens with zero attached hydrogens (tertiary/aromatic N) is 3. The predicted octanol–water partition coefficient (Wildman–Crippen LogP) is 5.49. The molecule has 1 aromatic heterocycles. The summed E-state index contributed by atoms with van der Waals surface area (Å²) < 4.78 is 0. The van der Waals surface area contributed by atoms with Gasteiger partial charge in [-0.25, -0.2) is 4.99 Å². The highest BCUT2D eigenvalue weighted by molar-refractivity contribution is 8.14. The van der Waals surface area contributed by atoms with E-state index in [1.165, 1.54) is 24.4 Å². The van der Waals surface area contributed by atoms with Crippen molar-refractivity contribution in [2.24, 2.45) is 10.9 Å². The molecule has 1 atom stereocenters. The summed E-state index contributed by atoms with van der Waals surface area (Å²) in [5.41, 5.74) is 1.99. The number of rotatable bonds is 6. The van der Waals surface area contributed by atoms with Gasteiger partial charge < -0.3 is 4.90 Å². The summed E-state index contributed by atoms with van der Waals surface area (Å²) in [6, 6.07) is 10.4. The van der Waals surface area contributed by atoms with Crippen LogP contribution in [-0.2, 0) is 0 Å². The Bertz CT molecular complexity index is 711. The van der Waals surface area contributed by atoms with Crippen LogP contribution in [0.2, 0.25) is 0 Å². The van der Waals surface area contributed by atoms with E-state index in [0.717, 1.165) is 35.6 Å². The molecule has 0 radical (unpaired) electrons. The zero-order valence-electron chi connectivity index (χ0n) is 14.9. The Morgan fingerprint density at radius 1 is 1.33 bits per heavy atom. The molecule has 0 aliphatic carbocycles. The quantitative estimate of drug-likeness (QED) is 0.696. The van der Waals surface area contributed by atoms with E-state index >= 15 is 0 Å². The number of hydrogen-bond donors (Lipinski definition) is 0. The van der Waals surface area contributed by atoms with Crippen molar-refractivity contribution < 1.29 is 0 Å². The largest absolute Gasteiger partial charge is 0.350 e. The topological polar surface area (TPSA) is 28.5 Å². The fourth-order valence-electron chi connectivity index (χ4n) is 3.10. The van der Waals surface area contributed by atoms with Gasteiger partial charge in [-0.05, 0) is 30.9 Å². The molecule has 4 heteroatoms. The summed E-state index contributed by atoms with van der Waals surface area (Å²) in [7, 11) is 0. The van der Waals surface area contributed by atoms with Crippen molar-refractivity contribution in [3.8, 4) is 0 Å². The second-order valence-electron chi connectivity index (χ2n) is 6.95. The van der Waals surface area contributed by atoms with Crippen molar-refractivity contribution in [3.63, 3.8) is 0 Å². The zero-order valence-corrected chi connectivity index (χ0v) is 15.7. The van der Waals surface area contributed by atoms with Crippen LogP contribution in [0.15, 0.2) is 41.5 Å². The van der Waals surface area contributed by atoms with E-state index < -0.39 is 0 Å². The molecule has 3 rings (SSSR count). The molecule has 0 saturated carbocycles. The summed E-state index contributed by atoms with van der Waals surface area (Å²) in [6.45, 7) is 9.10. The van der Waals surface area contributed by atoms with Gasteiger partial charge in [0, 0.05) is 23.7 Å². The lowest BCUT2D eigenvalue weighted by molar-refractivity contribution is 0.406. The molecule has 0 amide bonds. The Balaban J connectivity index is 1.83. The number of unbranched alkanes of at least 4 members (excludes halogenated alkanes) is 1. The first-order valence-corrected chi connectivity index (χ1v) is 9.88. The second kappa shape index (κ2) is 8.02. The van der Waals surface area contributed by atoms with Gasteiger partial charge in [-0.15, -0.1) is 0 Å². The van der Waals surface area contributed by atoms with Crippen molar-refractivity contribution in [2.75, 3.05) is 13.1 Å². The molecule has 0 bridgehead atoms. The molecule has 0 N–H and O–H groups in total. The Labute approximate surface area is 149 Å². The van der Waals surface area contributed by atoms with E-state index in [1.807, 2.05) is 30.1 Å². The fourth-order valence-corrected chi connectivity index (χ4v) is 4.60. The smallest absolute Gasteiger partial charge is 0.164 e. The predicted molar refractivity (Wildman–Crippen MR) is 106 cm³/mol. The highest BCUT2D eigenvalue weighted by Crippen LogP contribution is 2.32. The third kappa shape index (κ3) is 4.29. The van der Waals surface area contributed by atoms with Gasteiger partial charge in [0.25, 0.3) is 0 Å². The molecular weight excluding hydrogens is 314 g/mol. The molecule has 1 fully saturated rings. The first-order chi connectivity index (χ1) is 11.7. The Morgan fingerprint density at radius 3 is 2.96 bits per heavy atom. The molecule has 1 aliphatic rings. The number of benzene rings is 1. The lowest BCUT2D eigenvalue weighted by atomic mass is 10.1. The van der Waals surface area contributed by atoms with Crippen molar-refractivity contribution in [2.45, 2.75) is 45.3 Å². The minimum absolute atomic E-state index is 0.661. The standard InChI is InChI=1S/C20H27N3S/c1-4-5-10-23-14-18(11-15(2)3)24-20(23)22-17-12-16-8-6-7-9-19(16)21-13-17/h6-9,12-13,15,18H,4-5,10-11,14H2,1-3H3. The van der Waals surface area contributed by atoms with Gasteiger partial charge in [0.05, 0.1) is 17.4 Å². The SMILES string of the molecule is CCCCN1CC(CC(C)C)SC1=Nc1cnc2ccccc2c1. The maximum absolute atomic E-state index is 4.94. The highest BCUT2D eigenvalue weighted by Gasteiger charge is 2.28. The summed E-state index contributed by atoms with van der Waals surface area (Å²) in [5.74, 6) is 0.734. The van der Waals surface area contributed by atoms with Crippen LogP contribution in [0.25, 0.3) is 10.9 Å². The number of amidine groups is 1. The second-order valence-corrected chi connectivity index (χ2v) is 8.22. The number of aliphatic imine (C=N–C) groups is 1. The van der Waals surface area contributed by atoms with Crippen LogP contribution in [-0.4, -0.2) is 33.4 Å². The number of aromatic nitrogens is 1. The van der Waals surface area contributed by atoms with Gasteiger partial charge in [0.15, 0.2) is 5.17 Å². The number of hydrogen-bond acceptors (Lipinski definition) is 3. The average molecular weight is 342 g/mol. The zero-order chi connectivity index (χ0) is 16.9. The van der Waals surface area contributed by atoms with Gasteiger partial charge in [-0.1, -0.05) is 57.2 Å². The lowest BCUT2D eigenvalue weighted by Gasteiger charge is -2.18. The molecule has 1 unspecified atom stereocenters. The molecule has 2 heterocycles. The van der Waals surface area contributed by atoms with Gasteiger partial charge >= 0.3 is 0 Å². The van der Waals surface area contributed by atoms with Crippen molar-refractivity contribution in [1.29, 1.82) is 0 Å². The normalized spacial score (nSPS) is 19.8. The van der Waals surface area contributed by atoms with Crippen LogP contribution in [0.1, 0.15) is 40.0 Å². The van der Waals surface area contributed by atoms with Crippen molar-refractivity contribution in [3.05, 3.63) is 36.5 Å². The van der Waals surface area contributed by atoms with Crippen LogP contribution in [0.3, 0.4) is 0 Å². The number of pyridine rings is 1.